The van der Waals surface area contributed by atoms with Gasteiger partial charge in [0.25, 0.3) is 0 Å². The second kappa shape index (κ2) is 11.9. The third kappa shape index (κ3) is 5.26. The predicted octanol–water partition coefficient (Wildman–Crippen LogP) is 4.62. The Hall–Kier alpha value is -4.93. The highest BCUT2D eigenvalue weighted by atomic mass is 35.5. The quantitative estimate of drug-likeness (QED) is 0.252. The number of aromatic amines is 2. The molecule has 0 aliphatic heterocycles. The van der Waals surface area contributed by atoms with Crippen molar-refractivity contribution in [1.82, 2.24) is 54.1 Å². The van der Waals surface area contributed by atoms with Gasteiger partial charge in [-0.1, -0.05) is 0 Å². The van der Waals surface area contributed by atoms with E-state index < -0.39 is 0 Å². The van der Waals surface area contributed by atoms with Gasteiger partial charge in [-0.15, -0.1) is 32.8 Å². The van der Waals surface area contributed by atoms with Gasteiger partial charge >= 0.3 is 0 Å². The second-order valence-electron chi connectivity index (χ2n) is 11.9. The van der Waals surface area contributed by atoms with E-state index in [0.717, 1.165) is 95.9 Å². The normalized spacial score (nSPS) is 21.2. The maximum atomic E-state index is 8.89. The summed E-state index contributed by atoms with van der Waals surface area (Å²) in [5.74, 6) is 3.44. The molecule has 14 heteroatoms. The van der Waals surface area contributed by atoms with E-state index in [9.17, 15) is 0 Å². The highest BCUT2D eigenvalue weighted by Gasteiger charge is 2.30. The summed E-state index contributed by atoms with van der Waals surface area (Å²) < 4.78 is 4.23. The molecule has 7 heterocycles. The number of nitrogens with two attached hydrogens (primary N) is 1. The fraction of sp³-hybridized carbons (Fsp3) is 0.355. The minimum atomic E-state index is 0. The first kappa shape index (κ1) is 28.8. The Labute approximate surface area is 263 Å². The summed E-state index contributed by atoms with van der Waals surface area (Å²) >= 11 is 0. The summed E-state index contributed by atoms with van der Waals surface area (Å²) in [5.41, 5.74) is 13.0. The van der Waals surface area contributed by atoms with Crippen molar-refractivity contribution in [3.05, 3.63) is 78.2 Å². The van der Waals surface area contributed by atoms with Crippen LogP contribution in [-0.4, -0.2) is 60.2 Å². The molecule has 4 atom stereocenters. The summed E-state index contributed by atoms with van der Waals surface area (Å²) in [5, 5.41) is 26.2. The summed E-state index contributed by atoms with van der Waals surface area (Å²) in [7, 11) is 0. The molecule has 228 valence electrons. The van der Waals surface area contributed by atoms with Crippen molar-refractivity contribution in [3.8, 4) is 6.07 Å². The van der Waals surface area contributed by atoms with E-state index >= 15 is 0 Å². The monoisotopic (exact) mass is 621 g/mol. The minimum Gasteiger partial charge on any atom is -0.345 e. The average molecular weight is 622 g/mol. The third-order valence-electron chi connectivity index (χ3n) is 9.13. The van der Waals surface area contributed by atoms with E-state index in [0.29, 0.717) is 29.4 Å². The van der Waals surface area contributed by atoms with Crippen LogP contribution >= 0.6 is 12.4 Å². The zero-order valence-electron chi connectivity index (χ0n) is 24.4. The van der Waals surface area contributed by atoms with Crippen LogP contribution in [-0.2, 0) is 6.42 Å². The van der Waals surface area contributed by atoms with Gasteiger partial charge in [-0.2, -0.15) is 5.26 Å². The Bertz CT molecular complexity index is 2130. The second-order valence-corrected chi connectivity index (χ2v) is 11.9. The van der Waals surface area contributed by atoms with Crippen molar-refractivity contribution < 1.29 is 0 Å². The number of nitriles is 1. The van der Waals surface area contributed by atoms with Gasteiger partial charge in [0.15, 0.2) is 22.6 Å². The van der Waals surface area contributed by atoms with Gasteiger partial charge in [-0.25, -0.2) is 9.97 Å². The summed E-state index contributed by atoms with van der Waals surface area (Å²) in [6.45, 7) is 0. The standard InChI is InChI=1S/C19H17N7.C12H14N6.ClH/c20-9-13-2-4-15(22-10-13)8-12-1-3-14(7-12)19-25-24-17-11-23-18-16(26(17)19)5-6-21-18;13-8-2-1-7(5-8)12-17-16-10-6-15-11-9(18(10)12)3-4-14-11;/h2,4-6,10-12,14,21H,1,3,7-8H2;3-4,6-8,14H,1-2,5,13H2;1H/t12-,14+;7-,8+;/m01./s1. The number of fused-ring (bicyclic) bond motifs is 6. The molecular formula is C31H32ClN13. The highest BCUT2D eigenvalue weighted by molar-refractivity contribution is 5.85. The molecule has 0 aromatic carbocycles. The van der Waals surface area contributed by atoms with Gasteiger partial charge in [-0.3, -0.25) is 13.8 Å². The molecule has 0 amide bonds. The molecule has 0 saturated heterocycles. The van der Waals surface area contributed by atoms with Gasteiger partial charge in [0.05, 0.1) is 29.0 Å². The molecule has 2 saturated carbocycles. The van der Waals surface area contributed by atoms with Crippen molar-refractivity contribution in [2.45, 2.75) is 62.8 Å². The van der Waals surface area contributed by atoms with Crippen molar-refractivity contribution in [2.75, 3.05) is 0 Å². The van der Waals surface area contributed by atoms with Crippen LogP contribution in [0.5, 0.6) is 0 Å². The number of hydrogen-bond donors (Lipinski definition) is 3. The molecule has 7 aromatic rings. The Kier molecular flexibility index (Phi) is 7.60. The summed E-state index contributed by atoms with van der Waals surface area (Å²) in [6, 6.07) is 10.3. The molecule has 45 heavy (non-hydrogen) atoms. The number of H-pyrrole nitrogens is 2. The third-order valence-corrected chi connectivity index (χ3v) is 9.13. The first-order valence-corrected chi connectivity index (χ1v) is 15.1. The maximum absolute atomic E-state index is 8.89. The molecule has 2 fully saturated rings. The molecule has 4 N–H and O–H groups in total. The van der Waals surface area contributed by atoms with Crippen LogP contribution < -0.4 is 5.73 Å². The predicted molar refractivity (Wildman–Crippen MR) is 170 cm³/mol. The van der Waals surface area contributed by atoms with Crippen molar-refractivity contribution in [3.63, 3.8) is 0 Å². The molecule has 9 rings (SSSR count). The molecule has 0 spiro atoms. The SMILES string of the molecule is Cl.N#Cc1ccc(C[C@H]2CC[C@@H](c3nnc4cnc5[nH]ccc5n34)C2)nc1.N[C@H]1CC[C@@H](c2nnc3cnc4[nH]ccc4n23)C1. The van der Waals surface area contributed by atoms with Crippen molar-refractivity contribution >= 4 is 46.0 Å². The van der Waals surface area contributed by atoms with E-state index in [4.69, 9.17) is 11.0 Å². The lowest BCUT2D eigenvalue weighted by Crippen LogP contribution is -2.15. The van der Waals surface area contributed by atoms with E-state index in [1.807, 2.05) is 36.7 Å². The number of hydrogen-bond acceptors (Lipinski definition) is 9. The van der Waals surface area contributed by atoms with Crippen LogP contribution in [0.2, 0.25) is 0 Å². The average Bonchev–Trinajstić information content (AvgIpc) is 3.88. The van der Waals surface area contributed by atoms with Gasteiger partial charge in [0.1, 0.15) is 17.7 Å². The smallest absolute Gasteiger partial charge is 0.179 e. The number of aromatic nitrogens is 11. The Morgan fingerprint density at radius 1 is 0.756 bits per heavy atom. The first-order chi connectivity index (χ1) is 21.6. The maximum Gasteiger partial charge on any atom is 0.179 e. The number of nitrogens with one attached hydrogen (secondary N) is 2. The van der Waals surface area contributed by atoms with Gasteiger partial charge in [-0.05, 0) is 75.1 Å². The van der Waals surface area contributed by atoms with Crippen LogP contribution in [0, 0.1) is 17.2 Å². The van der Waals surface area contributed by atoms with Crippen molar-refractivity contribution in [1.29, 1.82) is 5.26 Å². The Balaban J connectivity index is 0.000000150. The highest BCUT2D eigenvalue weighted by Crippen LogP contribution is 2.39. The van der Waals surface area contributed by atoms with Crippen LogP contribution in [0.25, 0.3) is 33.6 Å². The zero-order valence-corrected chi connectivity index (χ0v) is 25.2. The molecule has 7 aromatic heterocycles. The minimum absolute atomic E-state index is 0. The lowest BCUT2D eigenvalue weighted by atomic mass is 9.99. The van der Waals surface area contributed by atoms with Gasteiger partial charge in [0.2, 0.25) is 0 Å². The lowest BCUT2D eigenvalue weighted by Gasteiger charge is -2.10. The Morgan fingerprint density at radius 3 is 1.93 bits per heavy atom. The topological polar surface area (TPSA) is 180 Å². The molecule has 0 unspecified atom stereocenters. The van der Waals surface area contributed by atoms with Gasteiger partial charge < -0.3 is 15.7 Å². The number of nitrogens with zero attached hydrogens (tertiary/aromatic N) is 10. The van der Waals surface area contributed by atoms with Crippen LogP contribution in [0.4, 0.5) is 0 Å². The van der Waals surface area contributed by atoms with E-state index in [1.165, 1.54) is 0 Å². The fourth-order valence-corrected chi connectivity index (χ4v) is 6.98. The van der Waals surface area contributed by atoms with Crippen LogP contribution in [0.3, 0.4) is 0 Å². The van der Waals surface area contributed by atoms with Crippen LogP contribution in [0.1, 0.15) is 73.3 Å². The number of halogens is 1. The Morgan fingerprint density at radius 2 is 1.38 bits per heavy atom. The molecular weight excluding hydrogens is 590 g/mol. The van der Waals surface area contributed by atoms with Crippen LogP contribution in [0.15, 0.2) is 55.2 Å². The lowest BCUT2D eigenvalue weighted by molar-refractivity contribution is 0.524. The zero-order chi connectivity index (χ0) is 29.6. The van der Waals surface area contributed by atoms with E-state index in [1.54, 1.807) is 18.6 Å². The number of pyridine rings is 1. The largest absolute Gasteiger partial charge is 0.345 e. The van der Waals surface area contributed by atoms with E-state index in [-0.39, 0.29) is 12.4 Å². The number of rotatable bonds is 4. The van der Waals surface area contributed by atoms with E-state index in [2.05, 4.69) is 60.2 Å². The molecule has 2 aliphatic rings. The summed E-state index contributed by atoms with van der Waals surface area (Å²) in [4.78, 5) is 19.4. The molecule has 13 nitrogen and oxygen atoms in total. The molecule has 0 radical (unpaired) electrons. The molecule has 0 bridgehead atoms. The molecule has 2 aliphatic carbocycles. The van der Waals surface area contributed by atoms with Gasteiger partial charge in [0, 0.05) is 42.2 Å². The fourth-order valence-electron chi connectivity index (χ4n) is 6.98. The van der Waals surface area contributed by atoms with Crippen molar-refractivity contribution in [2.24, 2.45) is 11.7 Å². The first-order valence-electron chi connectivity index (χ1n) is 15.1. The summed E-state index contributed by atoms with van der Waals surface area (Å²) in [6.07, 6.45) is 16.4.